The second-order valence-electron chi connectivity index (χ2n) is 7.03. The maximum atomic E-state index is 12.5. The first kappa shape index (κ1) is 16.6. The van der Waals surface area contributed by atoms with Gasteiger partial charge < -0.3 is 10.6 Å². The minimum Gasteiger partial charge on any atom is -0.326 e. The number of piperidine rings is 1. The van der Waals surface area contributed by atoms with Crippen LogP contribution in [0.15, 0.2) is 53.7 Å². The third-order valence-corrected chi connectivity index (χ3v) is 6.44. The molecule has 0 bridgehead atoms. The Balaban J connectivity index is 1.29. The number of hydrogen-bond donors (Lipinski definition) is 2. The van der Waals surface area contributed by atoms with Crippen molar-refractivity contribution < 1.29 is 4.79 Å². The summed E-state index contributed by atoms with van der Waals surface area (Å²) in [6.45, 7) is 2.10. The van der Waals surface area contributed by atoms with Gasteiger partial charge in [0, 0.05) is 34.6 Å². The van der Waals surface area contributed by atoms with Gasteiger partial charge in [-0.15, -0.1) is 11.8 Å². The number of rotatable bonds is 5. The van der Waals surface area contributed by atoms with Gasteiger partial charge in [0.2, 0.25) is 5.91 Å². The summed E-state index contributed by atoms with van der Waals surface area (Å²) in [7, 11) is 0. The van der Waals surface area contributed by atoms with Crippen molar-refractivity contribution in [2.45, 2.75) is 29.9 Å². The van der Waals surface area contributed by atoms with Crippen LogP contribution < -0.4 is 10.6 Å². The number of benzene rings is 1. The molecule has 4 rings (SSSR count). The molecule has 1 amide bonds. The summed E-state index contributed by atoms with van der Waals surface area (Å²) in [5.41, 5.74) is 2.40. The molecular formula is C20H23N3OS. The fourth-order valence-electron chi connectivity index (χ4n) is 3.71. The molecule has 2 aromatic rings. The van der Waals surface area contributed by atoms with Crippen LogP contribution in [-0.4, -0.2) is 24.0 Å². The van der Waals surface area contributed by atoms with Crippen LogP contribution >= 0.6 is 11.8 Å². The van der Waals surface area contributed by atoms with Crippen LogP contribution in [0.25, 0.3) is 0 Å². The lowest BCUT2D eigenvalue weighted by Gasteiger charge is -2.23. The topological polar surface area (TPSA) is 54.0 Å². The van der Waals surface area contributed by atoms with Crippen molar-refractivity contribution in [1.82, 2.24) is 10.3 Å². The molecule has 0 radical (unpaired) electrons. The molecule has 1 aromatic heterocycles. The van der Waals surface area contributed by atoms with E-state index in [1.54, 1.807) is 18.0 Å². The zero-order valence-electron chi connectivity index (χ0n) is 14.2. The molecule has 1 unspecified atom stereocenters. The number of thioether (sulfide) groups is 1. The fourth-order valence-corrected chi connectivity index (χ4v) is 4.54. The lowest BCUT2D eigenvalue weighted by Crippen LogP contribution is -2.31. The number of nitrogens with zero attached hydrogens (tertiary/aromatic N) is 1. The Morgan fingerprint density at radius 3 is 2.76 bits per heavy atom. The first-order valence-electron chi connectivity index (χ1n) is 8.89. The Morgan fingerprint density at radius 1 is 1.24 bits per heavy atom. The molecule has 25 heavy (non-hydrogen) atoms. The molecule has 2 aliphatic rings. The van der Waals surface area contributed by atoms with Crippen LogP contribution in [0.1, 0.15) is 24.8 Å². The number of hydrogen-bond acceptors (Lipinski definition) is 4. The maximum absolute atomic E-state index is 12.5. The van der Waals surface area contributed by atoms with Crippen LogP contribution in [0.2, 0.25) is 0 Å². The van der Waals surface area contributed by atoms with Crippen LogP contribution in [0, 0.1) is 11.3 Å². The second-order valence-corrected chi connectivity index (χ2v) is 8.08. The molecular weight excluding hydrogens is 330 g/mol. The summed E-state index contributed by atoms with van der Waals surface area (Å²) >= 11 is 1.78. The van der Waals surface area contributed by atoms with E-state index < -0.39 is 0 Å². The van der Waals surface area contributed by atoms with Crippen LogP contribution in [0.3, 0.4) is 0 Å². The number of pyridine rings is 1. The van der Waals surface area contributed by atoms with Crippen molar-refractivity contribution in [3.63, 3.8) is 0 Å². The molecule has 1 aliphatic heterocycles. The highest BCUT2D eigenvalue weighted by Gasteiger charge is 2.57. The van der Waals surface area contributed by atoms with E-state index in [-0.39, 0.29) is 17.2 Å². The first-order chi connectivity index (χ1) is 12.3. The van der Waals surface area contributed by atoms with Gasteiger partial charge >= 0.3 is 0 Å². The zero-order chi connectivity index (χ0) is 17.1. The summed E-state index contributed by atoms with van der Waals surface area (Å²) in [5, 5.41) is 6.48. The summed E-state index contributed by atoms with van der Waals surface area (Å²) in [6, 6.07) is 12.2. The number of carbonyl (C=O) groups excluding carboxylic acids is 1. The molecule has 5 heteroatoms. The Morgan fingerprint density at radius 2 is 2.04 bits per heavy atom. The highest BCUT2D eigenvalue weighted by atomic mass is 32.2. The van der Waals surface area contributed by atoms with Crippen molar-refractivity contribution in [3.8, 4) is 0 Å². The van der Waals surface area contributed by atoms with E-state index in [9.17, 15) is 4.79 Å². The van der Waals surface area contributed by atoms with E-state index >= 15 is 0 Å². The summed E-state index contributed by atoms with van der Waals surface area (Å²) in [5.74, 6) is 1.30. The Kier molecular flexibility index (Phi) is 4.77. The molecule has 2 fully saturated rings. The Labute approximate surface area is 152 Å². The van der Waals surface area contributed by atoms with Crippen LogP contribution in [0.4, 0.5) is 5.69 Å². The average Bonchev–Trinajstić information content (AvgIpc) is 3.35. The van der Waals surface area contributed by atoms with Crippen molar-refractivity contribution in [1.29, 1.82) is 0 Å². The third-order valence-electron chi connectivity index (χ3n) is 5.36. The number of amides is 1. The van der Waals surface area contributed by atoms with Crippen LogP contribution in [0.5, 0.6) is 0 Å². The summed E-state index contributed by atoms with van der Waals surface area (Å²) in [4.78, 5) is 17.8. The summed E-state index contributed by atoms with van der Waals surface area (Å²) < 4.78 is 0. The molecule has 2 N–H and O–H groups in total. The molecule has 1 saturated carbocycles. The fraction of sp³-hybridized carbons (Fsp3) is 0.400. The molecule has 1 saturated heterocycles. The first-order valence-corrected chi connectivity index (χ1v) is 9.87. The molecule has 1 aromatic carbocycles. The van der Waals surface area contributed by atoms with Crippen LogP contribution in [-0.2, 0) is 10.5 Å². The SMILES string of the molecule is O=C(Nc1ccc(SCc2cccnc2)cc1)C1CC12CCNCC2. The van der Waals surface area contributed by atoms with E-state index in [0.717, 1.165) is 43.8 Å². The largest absolute Gasteiger partial charge is 0.326 e. The molecule has 1 atom stereocenters. The van der Waals surface area contributed by atoms with Crippen molar-refractivity contribution in [2.24, 2.45) is 11.3 Å². The third kappa shape index (κ3) is 3.88. The number of anilines is 1. The minimum atomic E-state index is 0.192. The number of carbonyl (C=O) groups is 1. The van der Waals surface area contributed by atoms with Gasteiger partial charge in [0.1, 0.15) is 0 Å². The van der Waals surface area contributed by atoms with E-state index in [1.807, 2.05) is 24.4 Å². The standard InChI is InChI=1S/C20H23N3OS/c24-19(18-12-20(18)7-10-21-11-8-20)23-16-3-5-17(6-4-16)25-14-15-2-1-9-22-13-15/h1-6,9,13,18,21H,7-8,10-12,14H2,(H,23,24). The van der Waals surface area contributed by atoms with Gasteiger partial charge in [0.15, 0.2) is 0 Å². The molecule has 130 valence electrons. The van der Waals surface area contributed by atoms with Crippen molar-refractivity contribution in [2.75, 3.05) is 18.4 Å². The Hall–Kier alpha value is -1.85. The van der Waals surface area contributed by atoms with Gasteiger partial charge in [-0.3, -0.25) is 9.78 Å². The Bertz CT molecular complexity index is 726. The van der Waals surface area contributed by atoms with Gasteiger partial charge in [-0.25, -0.2) is 0 Å². The molecule has 1 aliphatic carbocycles. The normalized spacial score (nSPS) is 21.0. The van der Waals surface area contributed by atoms with Gasteiger partial charge in [-0.1, -0.05) is 6.07 Å². The van der Waals surface area contributed by atoms with E-state index in [2.05, 4.69) is 33.8 Å². The highest BCUT2D eigenvalue weighted by Crippen LogP contribution is 2.58. The lowest BCUT2D eigenvalue weighted by atomic mass is 9.92. The minimum absolute atomic E-state index is 0.192. The van der Waals surface area contributed by atoms with E-state index in [1.165, 1.54) is 10.5 Å². The predicted molar refractivity (Wildman–Crippen MR) is 102 cm³/mol. The average molecular weight is 353 g/mol. The van der Waals surface area contributed by atoms with Crippen molar-refractivity contribution in [3.05, 3.63) is 54.4 Å². The number of nitrogens with one attached hydrogen (secondary N) is 2. The lowest BCUT2D eigenvalue weighted by molar-refractivity contribution is -0.118. The van der Waals surface area contributed by atoms with Crippen molar-refractivity contribution >= 4 is 23.4 Å². The van der Waals surface area contributed by atoms with Gasteiger partial charge in [0.25, 0.3) is 0 Å². The van der Waals surface area contributed by atoms with Gasteiger partial charge in [-0.05, 0) is 73.7 Å². The smallest absolute Gasteiger partial charge is 0.228 e. The molecule has 1 spiro atoms. The predicted octanol–water partition coefficient (Wildman–Crippen LogP) is 3.70. The quantitative estimate of drug-likeness (QED) is 0.805. The maximum Gasteiger partial charge on any atom is 0.228 e. The van der Waals surface area contributed by atoms with Gasteiger partial charge in [-0.2, -0.15) is 0 Å². The zero-order valence-corrected chi connectivity index (χ0v) is 15.0. The van der Waals surface area contributed by atoms with E-state index in [0.29, 0.717) is 0 Å². The second kappa shape index (κ2) is 7.18. The monoisotopic (exact) mass is 353 g/mol. The molecule has 2 heterocycles. The summed E-state index contributed by atoms with van der Waals surface area (Å²) in [6.07, 6.45) is 7.01. The molecule has 4 nitrogen and oxygen atoms in total. The number of aromatic nitrogens is 1. The van der Waals surface area contributed by atoms with Gasteiger partial charge in [0.05, 0.1) is 0 Å². The van der Waals surface area contributed by atoms with E-state index in [4.69, 9.17) is 0 Å². The highest BCUT2D eigenvalue weighted by molar-refractivity contribution is 7.98.